The molecule has 1 aromatic rings. The fourth-order valence-corrected chi connectivity index (χ4v) is 1.53. The number of carbonyl (C=O) groups excluding carboxylic acids is 1. The van der Waals surface area contributed by atoms with Gasteiger partial charge in [0, 0.05) is 13.2 Å². The number of rotatable bonds is 4. The summed E-state index contributed by atoms with van der Waals surface area (Å²) in [6.07, 6.45) is 0. The molecule has 3 nitrogen and oxygen atoms in total. The number of hydrogen-bond acceptors (Lipinski definition) is 2. The number of methoxy groups -OCH3 is 1. The highest BCUT2D eigenvalue weighted by molar-refractivity contribution is 6.33. The lowest BCUT2D eigenvalue weighted by molar-refractivity contribution is 0.0905. The minimum Gasteiger partial charge on any atom is -0.383 e. The zero-order valence-corrected chi connectivity index (χ0v) is 10.1. The first kappa shape index (κ1) is 13.9. The van der Waals surface area contributed by atoms with E-state index in [1.807, 2.05) is 0 Å². The maximum atomic E-state index is 13.0. The molecule has 0 aliphatic rings. The van der Waals surface area contributed by atoms with Gasteiger partial charge in [-0.1, -0.05) is 11.6 Å². The van der Waals surface area contributed by atoms with E-state index in [-0.39, 0.29) is 16.6 Å². The van der Waals surface area contributed by atoms with Crippen LogP contribution in [0.3, 0.4) is 0 Å². The Hall–Kier alpha value is -1.20. The Morgan fingerprint density at radius 2 is 2.06 bits per heavy atom. The Kier molecular flexibility index (Phi) is 4.84. The van der Waals surface area contributed by atoms with Crippen LogP contribution in [0.15, 0.2) is 12.1 Å². The molecule has 1 rings (SSSR count). The molecule has 0 spiro atoms. The third kappa shape index (κ3) is 3.64. The van der Waals surface area contributed by atoms with Crippen molar-refractivity contribution in [3.05, 3.63) is 34.4 Å². The van der Waals surface area contributed by atoms with Gasteiger partial charge in [0.2, 0.25) is 0 Å². The second kappa shape index (κ2) is 5.93. The topological polar surface area (TPSA) is 38.3 Å². The van der Waals surface area contributed by atoms with E-state index in [9.17, 15) is 13.6 Å². The fraction of sp³-hybridized carbons (Fsp3) is 0.364. The Balaban J connectivity index is 2.86. The highest BCUT2D eigenvalue weighted by Gasteiger charge is 2.16. The zero-order valence-electron chi connectivity index (χ0n) is 9.39. The molecule has 6 heteroatoms. The second-order valence-corrected chi connectivity index (χ2v) is 3.98. The van der Waals surface area contributed by atoms with Crippen molar-refractivity contribution in [1.82, 2.24) is 5.32 Å². The average molecular weight is 264 g/mol. The molecule has 1 aromatic carbocycles. The highest BCUT2D eigenvalue weighted by atomic mass is 35.5. The summed E-state index contributed by atoms with van der Waals surface area (Å²) in [7, 11) is 1.49. The van der Waals surface area contributed by atoms with Crippen LogP contribution in [0.25, 0.3) is 0 Å². The van der Waals surface area contributed by atoms with Crippen LogP contribution in [-0.4, -0.2) is 25.7 Å². The SMILES string of the molecule is COC[C@@H](C)NC(=O)c1cc(F)c(F)cc1Cl. The van der Waals surface area contributed by atoms with Crippen LogP contribution in [0, 0.1) is 11.6 Å². The van der Waals surface area contributed by atoms with E-state index in [2.05, 4.69) is 5.32 Å². The van der Waals surface area contributed by atoms with Crippen LogP contribution in [0.5, 0.6) is 0 Å². The normalized spacial score (nSPS) is 12.3. The van der Waals surface area contributed by atoms with E-state index in [4.69, 9.17) is 16.3 Å². The molecule has 0 aliphatic heterocycles. The van der Waals surface area contributed by atoms with Crippen molar-refractivity contribution in [3.8, 4) is 0 Å². The highest BCUT2D eigenvalue weighted by Crippen LogP contribution is 2.19. The minimum atomic E-state index is -1.11. The first-order chi connectivity index (χ1) is 7.95. The molecule has 0 bridgehead atoms. The van der Waals surface area contributed by atoms with E-state index in [1.54, 1.807) is 6.92 Å². The van der Waals surface area contributed by atoms with Gasteiger partial charge in [0.25, 0.3) is 5.91 Å². The second-order valence-electron chi connectivity index (χ2n) is 3.58. The summed E-state index contributed by atoms with van der Waals surface area (Å²) in [5.74, 6) is -2.77. The van der Waals surface area contributed by atoms with Gasteiger partial charge in [-0.25, -0.2) is 8.78 Å². The van der Waals surface area contributed by atoms with Gasteiger partial charge in [-0.05, 0) is 19.1 Å². The summed E-state index contributed by atoms with van der Waals surface area (Å²) >= 11 is 5.66. The van der Waals surface area contributed by atoms with Gasteiger partial charge in [-0.3, -0.25) is 4.79 Å². The van der Waals surface area contributed by atoms with Crippen LogP contribution < -0.4 is 5.32 Å². The molecule has 0 aromatic heterocycles. The number of ether oxygens (including phenoxy) is 1. The summed E-state index contributed by atoms with van der Waals surface area (Å²) in [6.45, 7) is 2.03. The Morgan fingerprint density at radius 1 is 1.47 bits per heavy atom. The molecule has 17 heavy (non-hydrogen) atoms. The monoisotopic (exact) mass is 263 g/mol. The first-order valence-corrected chi connectivity index (χ1v) is 5.27. The largest absolute Gasteiger partial charge is 0.383 e. The van der Waals surface area contributed by atoms with Crippen molar-refractivity contribution < 1.29 is 18.3 Å². The summed E-state index contributed by atoms with van der Waals surface area (Å²) in [6, 6.07) is 1.29. The number of nitrogens with one attached hydrogen (secondary N) is 1. The Labute approximate surface area is 103 Å². The standard InChI is InChI=1S/C11H12ClF2NO2/c1-6(5-17-2)15-11(16)7-3-9(13)10(14)4-8(7)12/h3-4,6H,5H2,1-2H3,(H,15,16)/t6-/m1/s1. The Bertz CT molecular complexity index is 426. The number of benzene rings is 1. The van der Waals surface area contributed by atoms with E-state index in [1.165, 1.54) is 7.11 Å². The third-order valence-corrected chi connectivity index (χ3v) is 2.36. The Morgan fingerprint density at radius 3 is 2.65 bits per heavy atom. The summed E-state index contributed by atoms with van der Waals surface area (Å²) < 4.78 is 30.6. The van der Waals surface area contributed by atoms with Gasteiger partial charge < -0.3 is 10.1 Å². The van der Waals surface area contributed by atoms with Gasteiger partial charge >= 0.3 is 0 Å². The van der Waals surface area contributed by atoms with Gasteiger partial charge in [0.05, 0.1) is 17.2 Å². The number of hydrogen-bond donors (Lipinski definition) is 1. The summed E-state index contributed by atoms with van der Waals surface area (Å²) in [4.78, 5) is 11.7. The van der Waals surface area contributed by atoms with E-state index < -0.39 is 17.5 Å². The lowest BCUT2D eigenvalue weighted by Crippen LogP contribution is -2.35. The summed E-state index contributed by atoms with van der Waals surface area (Å²) in [5.41, 5.74) is -0.103. The van der Waals surface area contributed by atoms with Gasteiger partial charge in [-0.2, -0.15) is 0 Å². The van der Waals surface area contributed by atoms with Gasteiger partial charge in [0.15, 0.2) is 11.6 Å². The molecule has 0 heterocycles. The molecular weight excluding hydrogens is 252 g/mol. The van der Waals surface area contributed by atoms with Crippen molar-refractivity contribution >= 4 is 17.5 Å². The van der Waals surface area contributed by atoms with E-state index >= 15 is 0 Å². The molecule has 0 radical (unpaired) electrons. The van der Waals surface area contributed by atoms with Crippen molar-refractivity contribution in [1.29, 1.82) is 0 Å². The van der Waals surface area contributed by atoms with Crippen LogP contribution in [-0.2, 0) is 4.74 Å². The maximum absolute atomic E-state index is 13.0. The molecule has 1 N–H and O–H groups in total. The van der Waals surface area contributed by atoms with Crippen LogP contribution in [0.1, 0.15) is 17.3 Å². The van der Waals surface area contributed by atoms with Crippen molar-refractivity contribution in [3.63, 3.8) is 0 Å². The van der Waals surface area contributed by atoms with E-state index in [0.717, 1.165) is 12.1 Å². The molecular formula is C11H12ClF2NO2. The third-order valence-electron chi connectivity index (χ3n) is 2.05. The number of carbonyl (C=O) groups is 1. The average Bonchev–Trinajstić information content (AvgIpc) is 2.23. The van der Waals surface area contributed by atoms with Gasteiger partial charge in [-0.15, -0.1) is 0 Å². The van der Waals surface area contributed by atoms with Crippen molar-refractivity contribution in [2.45, 2.75) is 13.0 Å². The van der Waals surface area contributed by atoms with Gasteiger partial charge in [0.1, 0.15) is 0 Å². The lowest BCUT2D eigenvalue weighted by atomic mass is 10.2. The van der Waals surface area contributed by atoms with Crippen LogP contribution in [0.2, 0.25) is 5.02 Å². The quantitative estimate of drug-likeness (QED) is 0.847. The van der Waals surface area contributed by atoms with Crippen molar-refractivity contribution in [2.24, 2.45) is 0 Å². The maximum Gasteiger partial charge on any atom is 0.253 e. The number of halogens is 3. The van der Waals surface area contributed by atoms with E-state index in [0.29, 0.717) is 6.61 Å². The molecule has 0 saturated carbocycles. The fourth-order valence-electron chi connectivity index (χ4n) is 1.29. The van der Waals surface area contributed by atoms with Crippen LogP contribution in [0.4, 0.5) is 8.78 Å². The molecule has 0 saturated heterocycles. The predicted molar refractivity (Wildman–Crippen MR) is 60.2 cm³/mol. The number of amides is 1. The molecule has 1 amide bonds. The van der Waals surface area contributed by atoms with Crippen LogP contribution >= 0.6 is 11.6 Å². The summed E-state index contributed by atoms with van der Waals surface area (Å²) in [5, 5.41) is 2.41. The minimum absolute atomic E-state index is 0.103. The smallest absolute Gasteiger partial charge is 0.253 e. The molecule has 0 aliphatic carbocycles. The lowest BCUT2D eigenvalue weighted by Gasteiger charge is -2.13. The molecule has 0 fully saturated rings. The first-order valence-electron chi connectivity index (χ1n) is 4.90. The zero-order chi connectivity index (χ0) is 13.0. The molecule has 1 atom stereocenters. The molecule has 94 valence electrons. The molecule has 0 unspecified atom stereocenters. The van der Waals surface area contributed by atoms with Crippen molar-refractivity contribution in [2.75, 3.05) is 13.7 Å². The predicted octanol–water partition coefficient (Wildman–Crippen LogP) is 2.38.